The van der Waals surface area contributed by atoms with Crippen molar-refractivity contribution in [2.75, 3.05) is 0 Å². The Labute approximate surface area is 159 Å². The summed E-state index contributed by atoms with van der Waals surface area (Å²) in [5, 5.41) is 0. The molecule has 0 aromatic heterocycles. The standard InChI is InChI=1S/C20H24BBrO3/c1-14-6-11-18(17(22)12-14)23-13-15-7-9-16(10-8-15)21-24-19(2,3)20(4,5)25-21/h6-12H,13H2,1-5H3. The third-order valence-corrected chi connectivity index (χ3v) is 5.61. The molecule has 25 heavy (non-hydrogen) atoms. The maximum Gasteiger partial charge on any atom is 0.494 e. The van der Waals surface area contributed by atoms with Gasteiger partial charge in [-0.2, -0.15) is 0 Å². The summed E-state index contributed by atoms with van der Waals surface area (Å²) >= 11 is 3.54. The minimum Gasteiger partial charge on any atom is -0.488 e. The Kier molecular flexibility index (Phi) is 5.02. The average Bonchev–Trinajstić information content (AvgIpc) is 2.75. The Morgan fingerprint density at radius 1 is 0.960 bits per heavy atom. The molecule has 0 amide bonds. The largest absolute Gasteiger partial charge is 0.494 e. The van der Waals surface area contributed by atoms with E-state index in [1.807, 2.05) is 24.3 Å². The minimum atomic E-state index is -0.328. The molecule has 0 unspecified atom stereocenters. The van der Waals surface area contributed by atoms with Crippen LogP contribution in [0.5, 0.6) is 5.75 Å². The first-order chi connectivity index (χ1) is 11.7. The predicted octanol–water partition coefficient (Wildman–Crippen LogP) is 4.64. The molecule has 1 aliphatic heterocycles. The fraction of sp³-hybridized carbons (Fsp3) is 0.400. The van der Waals surface area contributed by atoms with Crippen molar-refractivity contribution in [3.8, 4) is 5.75 Å². The van der Waals surface area contributed by atoms with Crippen LogP contribution >= 0.6 is 15.9 Å². The summed E-state index contributed by atoms with van der Waals surface area (Å²) in [7, 11) is -0.328. The molecule has 1 fully saturated rings. The number of aryl methyl sites for hydroxylation is 1. The minimum absolute atomic E-state index is 0.322. The lowest BCUT2D eigenvalue weighted by Crippen LogP contribution is -2.41. The highest BCUT2D eigenvalue weighted by Crippen LogP contribution is 2.36. The van der Waals surface area contributed by atoms with Gasteiger partial charge in [0.05, 0.1) is 15.7 Å². The summed E-state index contributed by atoms with van der Waals surface area (Å²) in [6, 6.07) is 14.3. The lowest BCUT2D eigenvalue weighted by atomic mass is 9.79. The average molecular weight is 403 g/mol. The molecule has 0 saturated carbocycles. The highest BCUT2D eigenvalue weighted by molar-refractivity contribution is 9.10. The van der Waals surface area contributed by atoms with Crippen molar-refractivity contribution >= 4 is 28.5 Å². The van der Waals surface area contributed by atoms with Crippen molar-refractivity contribution in [2.24, 2.45) is 0 Å². The molecule has 5 heteroatoms. The molecule has 0 aliphatic carbocycles. The van der Waals surface area contributed by atoms with Crippen LogP contribution in [-0.4, -0.2) is 18.3 Å². The van der Waals surface area contributed by atoms with E-state index in [0.717, 1.165) is 21.2 Å². The van der Waals surface area contributed by atoms with Gasteiger partial charge in [-0.05, 0) is 79.3 Å². The van der Waals surface area contributed by atoms with E-state index in [2.05, 4.69) is 68.7 Å². The van der Waals surface area contributed by atoms with E-state index in [1.165, 1.54) is 5.56 Å². The lowest BCUT2D eigenvalue weighted by molar-refractivity contribution is 0.00578. The summed E-state index contributed by atoms with van der Waals surface area (Å²) in [5.41, 5.74) is 2.69. The monoisotopic (exact) mass is 402 g/mol. The van der Waals surface area contributed by atoms with Crippen LogP contribution in [0.2, 0.25) is 0 Å². The molecule has 0 atom stereocenters. The van der Waals surface area contributed by atoms with E-state index in [4.69, 9.17) is 14.0 Å². The zero-order valence-corrected chi connectivity index (χ0v) is 17.0. The van der Waals surface area contributed by atoms with Crippen LogP contribution in [0.1, 0.15) is 38.8 Å². The fourth-order valence-electron chi connectivity index (χ4n) is 2.63. The van der Waals surface area contributed by atoms with Crippen molar-refractivity contribution in [1.82, 2.24) is 0 Å². The van der Waals surface area contributed by atoms with E-state index in [0.29, 0.717) is 6.61 Å². The van der Waals surface area contributed by atoms with Crippen LogP contribution in [0.15, 0.2) is 46.9 Å². The topological polar surface area (TPSA) is 27.7 Å². The second kappa shape index (κ2) is 6.78. The molecule has 0 radical (unpaired) electrons. The van der Waals surface area contributed by atoms with Gasteiger partial charge in [0.2, 0.25) is 0 Å². The molecule has 2 aromatic carbocycles. The molecule has 2 aromatic rings. The van der Waals surface area contributed by atoms with Gasteiger partial charge < -0.3 is 14.0 Å². The smallest absolute Gasteiger partial charge is 0.488 e. The Balaban J connectivity index is 1.65. The van der Waals surface area contributed by atoms with Gasteiger partial charge in [0.25, 0.3) is 0 Å². The molecule has 3 nitrogen and oxygen atoms in total. The molecule has 1 saturated heterocycles. The summed E-state index contributed by atoms with van der Waals surface area (Å²) in [4.78, 5) is 0. The molecule has 0 bridgehead atoms. The molecule has 1 heterocycles. The van der Waals surface area contributed by atoms with Gasteiger partial charge in [-0.3, -0.25) is 0 Å². The highest BCUT2D eigenvalue weighted by Gasteiger charge is 2.51. The first-order valence-corrected chi connectivity index (χ1v) is 9.31. The summed E-state index contributed by atoms with van der Waals surface area (Å²) in [6.45, 7) is 10.8. The summed E-state index contributed by atoms with van der Waals surface area (Å²) < 4.78 is 19.0. The Morgan fingerprint density at radius 2 is 1.56 bits per heavy atom. The van der Waals surface area contributed by atoms with Gasteiger partial charge in [-0.1, -0.05) is 30.3 Å². The lowest BCUT2D eigenvalue weighted by Gasteiger charge is -2.32. The van der Waals surface area contributed by atoms with Crippen LogP contribution in [0, 0.1) is 6.92 Å². The first-order valence-electron chi connectivity index (χ1n) is 8.51. The van der Waals surface area contributed by atoms with Crippen molar-refractivity contribution in [3.05, 3.63) is 58.1 Å². The van der Waals surface area contributed by atoms with Gasteiger partial charge in [0, 0.05) is 0 Å². The number of rotatable bonds is 4. The molecular formula is C20H24BBrO3. The molecule has 0 spiro atoms. The molecule has 132 valence electrons. The summed E-state index contributed by atoms with van der Waals surface area (Å²) in [5.74, 6) is 0.848. The maximum atomic E-state index is 6.09. The van der Waals surface area contributed by atoms with Crippen molar-refractivity contribution in [2.45, 2.75) is 52.4 Å². The van der Waals surface area contributed by atoms with Crippen LogP contribution in [0.25, 0.3) is 0 Å². The van der Waals surface area contributed by atoms with Crippen LogP contribution in [0.3, 0.4) is 0 Å². The second-order valence-corrected chi connectivity index (χ2v) is 8.41. The van der Waals surface area contributed by atoms with E-state index < -0.39 is 0 Å². The quantitative estimate of drug-likeness (QED) is 0.697. The molecular weight excluding hydrogens is 379 g/mol. The maximum absolute atomic E-state index is 6.09. The van der Waals surface area contributed by atoms with Crippen LogP contribution in [-0.2, 0) is 15.9 Å². The number of hydrogen-bond acceptors (Lipinski definition) is 3. The Hall–Kier alpha value is -1.30. The number of ether oxygens (including phenoxy) is 1. The Bertz CT molecular complexity index is 740. The van der Waals surface area contributed by atoms with Crippen molar-refractivity contribution < 1.29 is 14.0 Å². The van der Waals surface area contributed by atoms with Crippen molar-refractivity contribution in [1.29, 1.82) is 0 Å². The highest BCUT2D eigenvalue weighted by atomic mass is 79.9. The predicted molar refractivity (Wildman–Crippen MR) is 105 cm³/mol. The van der Waals surface area contributed by atoms with Crippen molar-refractivity contribution in [3.63, 3.8) is 0 Å². The molecule has 0 N–H and O–H groups in total. The third kappa shape index (κ3) is 3.94. The SMILES string of the molecule is Cc1ccc(OCc2ccc(B3OC(C)(C)C(C)(C)O3)cc2)c(Br)c1. The number of halogens is 1. The van der Waals surface area contributed by atoms with Gasteiger partial charge in [0.15, 0.2) is 0 Å². The van der Waals surface area contributed by atoms with E-state index in [1.54, 1.807) is 0 Å². The number of benzene rings is 2. The van der Waals surface area contributed by atoms with E-state index in [9.17, 15) is 0 Å². The molecule has 3 rings (SSSR count). The third-order valence-electron chi connectivity index (χ3n) is 4.99. The first kappa shape index (κ1) is 18.5. The normalized spacial score (nSPS) is 18.4. The summed E-state index contributed by atoms with van der Waals surface area (Å²) in [6.07, 6.45) is 0. The van der Waals surface area contributed by atoms with Crippen LogP contribution < -0.4 is 10.2 Å². The second-order valence-electron chi connectivity index (χ2n) is 7.55. The zero-order valence-electron chi connectivity index (χ0n) is 15.4. The van der Waals surface area contributed by atoms with E-state index >= 15 is 0 Å². The van der Waals surface area contributed by atoms with Gasteiger partial charge >= 0.3 is 7.12 Å². The Morgan fingerprint density at radius 3 is 2.12 bits per heavy atom. The van der Waals surface area contributed by atoms with Crippen LogP contribution in [0.4, 0.5) is 0 Å². The fourth-order valence-corrected chi connectivity index (χ4v) is 3.24. The van der Waals surface area contributed by atoms with Gasteiger partial charge in [-0.15, -0.1) is 0 Å². The van der Waals surface area contributed by atoms with Gasteiger partial charge in [0.1, 0.15) is 12.4 Å². The molecule has 1 aliphatic rings. The zero-order chi connectivity index (χ0) is 18.2. The van der Waals surface area contributed by atoms with E-state index in [-0.39, 0.29) is 18.3 Å². The number of hydrogen-bond donors (Lipinski definition) is 0. The van der Waals surface area contributed by atoms with Gasteiger partial charge in [-0.25, -0.2) is 0 Å².